The van der Waals surface area contributed by atoms with Crippen LogP contribution in [0.2, 0.25) is 0 Å². The van der Waals surface area contributed by atoms with Crippen molar-refractivity contribution in [3.8, 4) is 0 Å². The van der Waals surface area contributed by atoms with Gasteiger partial charge in [0.05, 0.1) is 0 Å². The summed E-state index contributed by atoms with van der Waals surface area (Å²) in [7, 11) is 0. The van der Waals surface area contributed by atoms with Crippen molar-refractivity contribution in [2.24, 2.45) is 0 Å². The Morgan fingerprint density at radius 2 is 0.857 bits per heavy atom. The lowest BCUT2D eigenvalue weighted by molar-refractivity contribution is -0.165. The minimum absolute atomic E-state index is 0.0438. The highest BCUT2D eigenvalue weighted by Gasteiger charge is 2.29. The number of amides is 1. The second kappa shape index (κ2) is 38.9. The van der Waals surface area contributed by atoms with Crippen LogP contribution in [-0.4, -0.2) is 70.7 Å². The zero-order valence-electron chi connectivity index (χ0n) is 42.1. The highest BCUT2D eigenvalue weighted by atomic mass is 32.2. The predicted molar refractivity (Wildman–Crippen MR) is 261 cm³/mol. The van der Waals surface area contributed by atoms with Gasteiger partial charge in [0.1, 0.15) is 29.5 Å². The van der Waals surface area contributed by atoms with Crippen LogP contribution in [0.5, 0.6) is 0 Å². The number of nitrogens with one attached hydrogen (secondary N) is 1. The van der Waals surface area contributed by atoms with Gasteiger partial charge in [-0.3, -0.25) is 19.2 Å². The molecule has 370 valence electrons. The monoisotopic (exact) mass is 912 g/mol. The van der Waals surface area contributed by atoms with Crippen molar-refractivity contribution in [1.29, 1.82) is 0 Å². The van der Waals surface area contributed by atoms with E-state index in [1.54, 1.807) is 48.5 Å². The van der Waals surface area contributed by atoms with Gasteiger partial charge in [0.2, 0.25) is 5.91 Å². The first-order valence-electron chi connectivity index (χ1n) is 25.7. The summed E-state index contributed by atoms with van der Waals surface area (Å²) in [5.74, 6) is -1.30. The maximum Gasteiger partial charge on any atom is 0.329 e. The molecule has 0 aliphatic carbocycles. The first kappa shape index (κ1) is 60.7. The number of hydrogen-bond acceptors (Lipinski definition) is 10. The van der Waals surface area contributed by atoms with Crippen molar-refractivity contribution in [3.63, 3.8) is 0 Å². The van der Waals surface area contributed by atoms with Crippen LogP contribution < -0.4 is 5.32 Å². The Kier molecular flexibility index (Phi) is 37.5. The average molecular weight is 912 g/mol. The van der Waals surface area contributed by atoms with Crippen LogP contribution in [0, 0.1) is 0 Å². The van der Waals surface area contributed by atoms with Gasteiger partial charge in [0, 0.05) is 37.2 Å². The summed E-state index contributed by atoms with van der Waals surface area (Å²) in [5, 5.41) is 2.75. The van der Waals surface area contributed by atoms with Crippen LogP contribution in [-0.2, 0) is 42.9 Å². The average Bonchev–Trinajstić information content (AvgIpc) is 3.19. The van der Waals surface area contributed by atoms with E-state index in [4.69, 9.17) is 18.9 Å². The Balaban J connectivity index is 5.01. The summed E-state index contributed by atoms with van der Waals surface area (Å²) in [6.45, 7) is 16.8. The standard InChI is InChI=1S/C52H97NO9S/c1-10-12-14-16-18-20-22-24-26-28-30-32-34-36-47(55)59-43(3)45(60-48(56)37-35-33-31-29-27-25-23-21-19-17-15-13-11-2)42-63-41-40-46(54)53-44(50(58)62-52(7,8)9)38-39-49(57)61-51(4,5)6/h43-45H,10-42H2,1-9H3,(H,53,54). The smallest absolute Gasteiger partial charge is 0.329 e. The first-order chi connectivity index (χ1) is 30.0. The molecule has 3 unspecified atom stereocenters. The Bertz CT molecular complexity index is 1180. The molecule has 0 aliphatic rings. The van der Waals surface area contributed by atoms with E-state index in [0.29, 0.717) is 24.3 Å². The van der Waals surface area contributed by atoms with E-state index in [-0.39, 0.29) is 37.1 Å². The summed E-state index contributed by atoms with van der Waals surface area (Å²) in [6.07, 6.45) is 31.3. The first-order valence-corrected chi connectivity index (χ1v) is 26.8. The lowest BCUT2D eigenvalue weighted by Crippen LogP contribution is -2.44. The van der Waals surface area contributed by atoms with E-state index >= 15 is 0 Å². The molecular formula is C52H97NO9S. The van der Waals surface area contributed by atoms with Gasteiger partial charge in [-0.2, -0.15) is 11.8 Å². The Morgan fingerprint density at radius 3 is 1.25 bits per heavy atom. The van der Waals surface area contributed by atoms with E-state index in [9.17, 15) is 24.0 Å². The van der Waals surface area contributed by atoms with Crippen LogP contribution in [0.15, 0.2) is 0 Å². The molecule has 1 N–H and O–H groups in total. The van der Waals surface area contributed by atoms with Crippen LogP contribution in [0.3, 0.4) is 0 Å². The molecule has 0 aromatic carbocycles. The van der Waals surface area contributed by atoms with Crippen molar-refractivity contribution >= 4 is 41.5 Å². The molecule has 1 amide bonds. The summed E-state index contributed by atoms with van der Waals surface area (Å²) in [4.78, 5) is 64.4. The fraction of sp³-hybridized carbons (Fsp3) is 0.904. The number of rotatable bonds is 41. The van der Waals surface area contributed by atoms with E-state index in [1.807, 2.05) is 0 Å². The van der Waals surface area contributed by atoms with Gasteiger partial charge < -0.3 is 24.3 Å². The number of esters is 4. The van der Waals surface area contributed by atoms with Crippen molar-refractivity contribution < 1.29 is 42.9 Å². The fourth-order valence-electron chi connectivity index (χ4n) is 7.32. The molecule has 0 aromatic heterocycles. The third-order valence-electron chi connectivity index (χ3n) is 10.9. The molecular weight excluding hydrogens is 815 g/mol. The molecule has 0 rings (SSSR count). The van der Waals surface area contributed by atoms with Gasteiger partial charge >= 0.3 is 23.9 Å². The van der Waals surface area contributed by atoms with Crippen molar-refractivity contribution in [2.75, 3.05) is 11.5 Å². The largest absolute Gasteiger partial charge is 0.460 e. The zero-order chi connectivity index (χ0) is 47.2. The normalized spacial score (nSPS) is 13.2. The molecule has 0 fully saturated rings. The van der Waals surface area contributed by atoms with Gasteiger partial charge in [-0.05, 0) is 67.7 Å². The number of thioether (sulfide) groups is 1. The lowest BCUT2D eigenvalue weighted by atomic mass is 10.0. The molecule has 0 bridgehead atoms. The lowest BCUT2D eigenvalue weighted by Gasteiger charge is -2.25. The predicted octanol–water partition coefficient (Wildman–Crippen LogP) is 13.9. The van der Waals surface area contributed by atoms with Gasteiger partial charge in [-0.1, -0.05) is 168 Å². The van der Waals surface area contributed by atoms with Crippen molar-refractivity contribution in [3.05, 3.63) is 0 Å². The number of ether oxygens (including phenoxy) is 4. The highest BCUT2D eigenvalue weighted by molar-refractivity contribution is 7.99. The van der Waals surface area contributed by atoms with E-state index in [1.165, 1.54) is 140 Å². The van der Waals surface area contributed by atoms with E-state index < -0.39 is 41.4 Å². The van der Waals surface area contributed by atoms with Gasteiger partial charge in [-0.15, -0.1) is 0 Å². The fourth-order valence-corrected chi connectivity index (χ4v) is 8.38. The van der Waals surface area contributed by atoms with Gasteiger partial charge in [0.15, 0.2) is 0 Å². The minimum atomic E-state index is -1.01. The summed E-state index contributed by atoms with van der Waals surface area (Å²) in [6, 6.07) is -1.01. The Hall–Kier alpha value is -2.30. The van der Waals surface area contributed by atoms with Crippen molar-refractivity contribution in [1.82, 2.24) is 5.32 Å². The van der Waals surface area contributed by atoms with Crippen LogP contribution in [0.4, 0.5) is 0 Å². The molecule has 0 heterocycles. The Labute approximate surface area is 390 Å². The number of hydrogen-bond donors (Lipinski definition) is 1. The highest BCUT2D eigenvalue weighted by Crippen LogP contribution is 2.19. The quantitative estimate of drug-likeness (QED) is 0.0359. The van der Waals surface area contributed by atoms with Gasteiger partial charge in [-0.25, -0.2) is 4.79 Å². The zero-order valence-corrected chi connectivity index (χ0v) is 43.0. The number of carbonyl (C=O) groups is 5. The van der Waals surface area contributed by atoms with Crippen LogP contribution in [0.25, 0.3) is 0 Å². The maximum absolute atomic E-state index is 13.1. The van der Waals surface area contributed by atoms with Crippen LogP contribution in [0.1, 0.15) is 261 Å². The molecule has 11 heteroatoms. The SMILES string of the molecule is CCCCCCCCCCCCCCCC(=O)OC(C)C(CSCCC(=O)NC(CCC(=O)OC(C)(C)C)C(=O)OC(C)(C)C)OC(=O)CCCCCCCCCCCCCCC. The number of unbranched alkanes of at least 4 members (excludes halogenated alkanes) is 24. The molecule has 0 saturated carbocycles. The molecule has 0 aromatic rings. The maximum atomic E-state index is 13.1. The van der Waals surface area contributed by atoms with Crippen LogP contribution >= 0.6 is 11.8 Å². The summed E-state index contributed by atoms with van der Waals surface area (Å²) >= 11 is 1.42. The molecule has 10 nitrogen and oxygen atoms in total. The summed E-state index contributed by atoms with van der Waals surface area (Å²) < 4.78 is 22.7. The molecule has 0 aliphatic heterocycles. The molecule has 0 spiro atoms. The molecule has 3 atom stereocenters. The number of carbonyl (C=O) groups excluding carboxylic acids is 5. The molecule has 63 heavy (non-hydrogen) atoms. The third-order valence-corrected chi connectivity index (χ3v) is 12.0. The molecule has 0 radical (unpaired) electrons. The van der Waals surface area contributed by atoms with E-state index in [2.05, 4.69) is 19.2 Å². The molecule has 0 saturated heterocycles. The second-order valence-electron chi connectivity index (χ2n) is 19.8. The minimum Gasteiger partial charge on any atom is -0.460 e. The Morgan fingerprint density at radius 1 is 0.476 bits per heavy atom. The topological polar surface area (TPSA) is 134 Å². The third kappa shape index (κ3) is 40.9. The second-order valence-corrected chi connectivity index (χ2v) is 21.0. The van der Waals surface area contributed by atoms with E-state index in [0.717, 1.165) is 38.5 Å². The summed E-state index contributed by atoms with van der Waals surface area (Å²) in [5.41, 5.74) is -1.44. The van der Waals surface area contributed by atoms with Crippen molar-refractivity contribution in [2.45, 2.75) is 291 Å². The van der Waals surface area contributed by atoms with Gasteiger partial charge in [0.25, 0.3) is 0 Å².